The number of esters is 1. The molecule has 0 saturated heterocycles. The van der Waals surface area contributed by atoms with Crippen LogP contribution in [0.1, 0.15) is 22.1 Å². The normalized spacial score (nSPS) is 11.6. The predicted molar refractivity (Wildman–Crippen MR) is 69.7 cm³/mol. The van der Waals surface area contributed by atoms with E-state index in [9.17, 15) is 14.9 Å². The van der Waals surface area contributed by atoms with Crippen LogP contribution in [0.2, 0.25) is 0 Å². The first-order chi connectivity index (χ1) is 9.58. The van der Waals surface area contributed by atoms with Crippen molar-refractivity contribution in [2.75, 3.05) is 0 Å². The van der Waals surface area contributed by atoms with E-state index in [1.165, 1.54) is 36.4 Å². The molecule has 0 aliphatic rings. The van der Waals surface area contributed by atoms with Crippen LogP contribution in [0.15, 0.2) is 54.6 Å². The first kappa shape index (κ1) is 13.5. The van der Waals surface area contributed by atoms with E-state index in [1.54, 1.807) is 18.2 Å². The lowest BCUT2D eigenvalue weighted by atomic mass is 10.2. The maximum atomic E-state index is 11.8. The van der Waals surface area contributed by atoms with Gasteiger partial charge in [0, 0.05) is 0 Å². The zero-order valence-electron chi connectivity index (χ0n) is 10.3. The van der Waals surface area contributed by atoms with Crippen LogP contribution in [0.5, 0.6) is 5.75 Å². The Morgan fingerprint density at radius 3 is 2.25 bits per heavy atom. The lowest BCUT2D eigenvalue weighted by Gasteiger charge is -2.10. The maximum Gasteiger partial charge on any atom is 0.383 e. The van der Waals surface area contributed by atoms with E-state index in [1.807, 2.05) is 0 Å². The molecule has 0 amide bonds. The smallest absolute Gasteiger partial charge is 0.383 e. The first-order valence-electron chi connectivity index (χ1n) is 5.76. The Kier molecular flexibility index (Phi) is 3.95. The van der Waals surface area contributed by atoms with Gasteiger partial charge in [0.1, 0.15) is 5.75 Å². The number of hydrogen-bond donors (Lipinski definition) is 1. The van der Waals surface area contributed by atoms with Gasteiger partial charge in [-0.05, 0) is 36.4 Å². The third kappa shape index (κ3) is 3.11. The van der Waals surface area contributed by atoms with Gasteiger partial charge in [0.15, 0.2) is 0 Å². The van der Waals surface area contributed by atoms with Crippen LogP contribution in [0.3, 0.4) is 0 Å². The molecule has 2 aromatic rings. The minimum absolute atomic E-state index is 0.00423. The van der Waals surface area contributed by atoms with Crippen LogP contribution in [-0.2, 0) is 4.74 Å². The quantitative estimate of drug-likeness (QED) is 0.400. The van der Waals surface area contributed by atoms with Crippen LogP contribution in [0.25, 0.3) is 0 Å². The zero-order chi connectivity index (χ0) is 14.5. The summed E-state index contributed by atoms with van der Waals surface area (Å²) in [5.74, 6) is -0.828. The molecule has 20 heavy (non-hydrogen) atoms. The second kappa shape index (κ2) is 5.83. The number of aromatic hydroxyl groups is 1. The summed E-state index contributed by atoms with van der Waals surface area (Å²) >= 11 is 0. The molecule has 0 aromatic heterocycles. The van der Waals surface area contributed by atoms with Crippen LogP contribution in [0.4, 0.5) is 0 Å². The lowest BCUT2D eigenvalue weighted by molar-refractivity contribution is -0.574. The van der Waals surface area contributed by atoms with Gasteiger partial charge < -0.3 is 9.84 Å². The summed E-state index contributed by atoms with van der Waals surface area (Å²) in [5.41, 5.74) is 0.412. The summed E-state index contributed by atoms with van der Waals surface area (Å²) in [6, 6.07) is 13.3. The fourth-order valence-corrected chi connectivity index (χ4v) is 1.62. The van der Waals surface area contributed by atoms with Crippen molar-refractivity contribution in [3.63, 3.8) is 0 Å². The third-order valence-corrected chi connectivity index (χ3v) is 2.60. The van der Waals surface area contributed by atoms with Gasteiger partial charge in [0.25, 0.3) is 0 Å². The molecular formula is C14H11NO5. The summed E-state index contributed by atoms with van der Waals surface area (Å²) in [7, 11) is 0. The molecule has 0 saturated carbocycles. The molecule has 0 spiro atoms. The van der Waals surface area contributed by atoms with Crippen LogP contribution in [-0.4, -0.2) is 16.0 Å². The molecular weight excluding hydrogens is 262 g/mol. The zero-order valence-corrected chi connectivity index (χ0v) is 10.3. The number of phenolic OH excluding ortho intramolecular Hbond substituents is 1. The van der Waals surface area contributed by atoms with Gasteiger partial charge in [-0.3, -0.25) is 10.1 Å². The fraction of sp³-hybridized carbons (Fsp3) is 0.0714. The molecule has 0 bridgehead atoms. The number of carbonyl (C=O) groups excluding carboxylic acids is 1. The summed E-state index contributed by atoms with van der Waals surface area (Å²) in [5, 5.41) is 20.1. The first-order valence-corrected chi connectivity index (χ1v) is 5.76. The standard InChI is InChI=1S/C14H11NO5/c16-12-8-6-11(7-9-12)14(17)20-13(15(18)19)10-4-2-1-3-5-10/h1-9,13,16H. The Labute approximate surface area is 114 Å². The molecule has 0 fully saturated rings. The fourth-order valence-electron chi connectivity index (χ4n) is 1.62. The van der Waals surface area contributed by atoms with Crippen LogP contribution in [0, 0.1) is 10.1 Å². The molecule has 0 radical (unpaired) electrons. The molecule has 0 heterocycles. The van der Waals surface area contributed by atoms with Gasteiger partial charge in [0.05, 0.1) is 16.1 Å². The van der Waals surface area contributed by atoms with E-state index >= 15 is 0 Å². The highest BCUT2D eigenvalue weighted by Gasteiger charge is 2.27. The van der Waals surface area contributed by atoms with Crippen molar-refractivity contribution in [3.05, 3.63) is 75.8 Å². The largest absolute Gasteiger partial charge is 0.508 e. The molecule has 0 aliphatic carbocycles. The molecule has 1 atom stereocenters. The molecule has 6 heteroatoms. The van der Waals surface area contributed by atoms with E-state index in [0.29, 0.717) is 0 Å². The highest BCUT2D eigenvalue weighted by atomic mass is 16.7. The monoisotopic (exact) mass is 273 g/mol. The SMILES string of the molecule is O=C(OC(c1ccccc1)[N+](=O)[O-])c1ccc(O)cc1. The number of ether oxygens (including phenoxy) is 1. The van der Waals surface area contributed by atoms with Crippen molar-refractivity contribution in [2.24, 2.45) is 0 Å². The van der Waals surface area contributed by atoms with E-state index < -0.39 is 17.1 Å². The number of hydrogen-bond acceptors (Lipinski definition) is 5. The van der Waals surface area contributed by atoms with Gasteiger partial charge >= 0.3 is 12.2 Å². The van der Waals surface area contributed by atoms with Gasteiger partial charge in [-0.25, -0.2) is 4.79 Å². The molecule has 1 unspecified atom stereocenters. The maximum absolute atomic E-state index is 11.8. The van der Waals surface area contributed by atoms with Crippen molar-refractivity contribution < 1.29 is 19.6 Å². The van der Waals surface area contributed by atoms with Crippen molar-refractivity contribution >= 4 is 5.97 Å². The number of benzene rings is 2. The Bertz CT molecular complexity index is 609. The third-order valence-electron chi connectivity index (χ3n) is 2.60. The van der Waals surface area contributed by atoms with Crippen molar-refractivity contribution in [1.29, 1.82) is 0 Å². The summed E-state index contributed by atoms with van der Waals surface area (Å²) < 4.78 is 4.90. The summed E-state index contributed by atoms with van der Waals surface area (Å²) in [6.07, 6.45) is -1.56. The minimum atomic E-state index is -1.56. The van der Waals surface area contributed by atoms with Crippen LogP contribution < -0.4 is 0 Å². The Balaban J connectivity index is 2.19. The highest BCUT2D eigenvalue weighted by molar-refractivity contribution is 5.89. The van der Waals surface area contributed by atoms with E-state index in [-0.39, 0.29) is 16.9 Å². The summed E-state index contributed by atoms with van der Waals surface area (Å²) in [4.78, 5) is 22.2. The van der Waals surface area contributed by atoms with Gasteiger partial charge in [-0.15, -0.1) is 0 Å². The van der Waals surface area contributed by atoms with Gasteiger partial charge in [-0.1, -0.05) is 18.2 Å². The topological polar surface area (TPSA) is 89.7 Å². The Morgan fingerprint density at radius 2 is 1.70 bits per heavy atom. The number of rotatable bonds is 4. The number of nitro groups is 1. The summed E-state index contributed by atoms with van der Waals surface area (Å²) in [6.45, 7) is 0. The molecule has 2 aromatic carbocycles. The molecule has 0 aliphatic heterocycles. The van der Waals surface area contributed by atoms with E-state index in [4.69, 9.17) is 9.84 Å². The minimum Gasteiger partial charge on any atom is -0.508 e. The average Bonchev–Trinajstić information content (AvgIpc) is 2.46. The van der Waals surface area contributed by atoms with E-state index in [0.717, 1.165) is 0 Å². The molecule has 1 N–H and O–H groups in total. The van der Waals surface area contributed by atoms with Crippen molar-refractivity contribution in [2.45, 2.75) is 6.23 Å². The number of carbonyl (C=O) groups is 1. The van der Waals surface area contributed by atoms with Gasteiger partial charge in [-0.2, -0.15) is 0 Å². The number of nitrogens with zero attached hydrogens (tertiary/aromatic N) is 1. The second-order valence-electron chi connectivity index (χ2n) is 4.00. The van der Waals surface area contributed by atoms with Crippen molar-refractivity contribution in [3.8, 4) is 5.75 Å². The Morgan fingerprint density at radius 1 is 1.10 bits per heavy atom. The highest BCUT2D eigenvalue weighted by Crippen LogP contribution is 2.20. The molecule has 2 rings (SSSR count). The Hall–Kier alpha value is -2.89. The number of phenols is 1. The average molecular weight is 273 g/mol. The lowest BCUT2D eigenvalue weighted by Crippen LogP contribution is -2.18. The van der Waals surface area contributed by atoms with Crippen molar-refractivity contribution in [1.82, 2.24) is 0 Å². The molecule has 6 nitrogen and oxygen atoms in total. The second-order valence-corrected chi connectivity index (χ2v) is 4.00. The molecule has 102 valence electrons. The van der Waals surface area contributed by atoms with Gasteiger partial charge in [0.2, 0.25) is 0 Å². The predicted octanol–water partition coefficient (Wildman–Crippen LogP) is 2.52. The van der Waals surface area contributed by atoms with Crippen LogP contribution >= 0.6 is 0 Å². The van der Waals surface area contributed by atoms with E-state index in [2.05, 4.69) is 0 Å².